The molecule has 0 saturated heterocycles. The molecule has 0 aliphatic rings. The highest BCUT2D eigenvalue weighted by atomic mass is 32.1. The van der Waals surface area contributed by atoms with Crippen molar-refractivity contribution in [1.82, 2.24) is 0 Å². The minimum absolute atomic E-state index is 0.285. The summed E-state index contributed by atoms with van der Waals surface area (Å²) in [7, 11) is 4.32. The van der Waals surface area contributed by atoms with Crippen LogP contribution in [0.2, 0.25) is 0 Å². The van der Waals surface area contributed by atoms with E-state index in [9.17, 15) is 4.79 Å². The minimum Gasteiger partial charge on any atom is -0.493 e. The van der Waals surface area contributed by atoms with E-state index in [4.69, 9.17) is 26.4 Å². The standard InChI is InChI=1S/C17H18N2O4S/c1-21-14-9-12(16(20)23-3)13(10-15(14)22-2)19-17(24)18-11-7-5-4-6-8-11/h4-10H,1-3H3,(H2,18,19,24). The minimum atomic E-state index is -0.513. The largest absolute Gasteiger partial charge is 0.493 e. The Morgan fingerprint density at radius 2 is 1.58 bits per heavy atom. The normalized spacial score (nSPS) is 9.79. The number of rotatable bonds is 5. The van der Waals surface area contributed by atoms with Crippen molar-refractivity contribution in [3.63, 3.8) is 0 Å². The lowest BCUT2D eigenvalue weighted by molar-refractivity contribution is 0.0601. The molecule has 6 nitrogen and oxygen atoms in total. The summed E-state index contributed by atoms with van der Waals surface area (Å²) in [5, 5.41) is 6.35. The number of anilines is 2. The third-order valence-electron chi connectivity index (χ3n) is 3.21. The summed E-state index contributed by atoms with van der Waals surface area (Å²) in [5.41, 5.74) is 1.57. The number of carbonyl (C=O) groups is 1. The van der Waals surface area contributed by atoms with Crippen LogP contribution in [-0.2, 0) is 4.74 Å². The number of hydrogen-bond acceptors (Lipinski definition) is 5. The van der Waals surface area contributed by atoms with Gasteiger partial charge >= 0.3 is 5.97 Å². The van der Waals surface area contributed by atoms with Crippen molar-refractivity contribution in [2.24, 2.45) is 0 Å². The molecule has 0 radical (unpaired) electrons. The smallest absolute Gasteiger partial charge is 0.340 e. The maximum absolute atomic E-state index is 12.0. The van der Waals surface area contributed by atoms with Crippen LogP contribution < -0.4 is 20.1 Å². The van der Waals surface area contributed by atoms with E-state index < -0.39 is 5.97 Å². The van der Waals surface area contributed by atoms with Gasteiger partial charge in [-0.2, -0.15) is 0 Å². The number of ether oxygens (including phenoxy) is 3. The predicted octanol–water partition coefficient (Wildman–Crippen LogP) is 3.30. The summed E-state index contributed by atoms with van der Waals surface area (Å²) in [5.74, 6) is 0.376. The van der Waals surface area contributed by atoms with Gasteiger partial charge < -0.3 is 24.8 Å². The van der Waals surface area contributed by atoms with E-state index in [2.05, 4.69) is 10.6 Å². The van der Waals surface area contributed by atoms with Crippen LogP contribution in [0.4, 0.5) is 11.4 Å². The Balaban J connectivity index is 2.30. The number of para-hydroxylation sites is 1. The third-order valence-corrected chi connectivity index (χ3v) is 3.41. The number of hydrogen-bond donors (Lipinski definition) is 2. The number of esters is 1. The van der Waals surface area contributed by atoms with Crippen LogP contribution in [0.1, 0.15) is 10.4 Å². The third kappa shape index (κ3) is 4.14. The highest BCUT2D eigenvalue weighted by molar-refractivity contribution is 7.80. The molecule has 2 aromatic rings. The molecule has 24 heavy (non-hydrogen) atoms. The molecule has 0 aromatic heterocycles. The fraction of sp³-hybridized carbons (Fsp3) is 0.176. The molecule has 7 heteroatoms. The zero-order valence-corrected chi connectivity index (χ0v) is 14.4. The molecule has 126 valence electrons. The highest BCUT2D eigenvalue weighted by Gasteiger charge is 2.18. The van der Waals surface area contributed by atoms with Gasteiger partial charge in [0.1, 0.15) is 0 Å². The molecule has 2 aromatic carbocycles. The first-order valence-electron chi connectivity index (χ1n) is 7.06. The Kier molecular flexibility index (Phi) is 5.97. The summed E-state index contributed by atoms with van der Waals surface area (Å²) in [6.45, 7) is 0. The van der Waals surface area contributed by atoms with Crippen molar-refractivity contribution >= 4 is 34.7 Å². The van der Waals surface area contributed by atoms with E-state index in [1.807, 2.05) is 30.3 Å². The van der Waals surface area contributed by atoms with E-state index in [1.54, 1.807) is 6.07 Å². The lowest BCUT2D eigenvalue weighted by Gasteiger charge is -2.16. The molecular formula is C17H18N2O4S. The van der Waals surface area contributed by atoms with Crippen molar-refractivity contribution < 1.29 is 19.0 Å². The fourth-order valence-electron chi connectivity index (χ4n) is 2.07. The number of methoxy groups -OCH3 is 3. The van der Waals surface area contributed by atoms with Crippen LogP contribution in [0.25, 0.3) is 0 Å². The summed E-state index contributed by atoms with van der Waals surface area (Å²) in [4.78, 5) is 12.0. The second-order valence-corrected chi connectivity index (χ2v) is 5.10. The topological polar surface area (TPSA) is 68.8 Å². The van der Waals surface area contributed by atoms with Crippen molar-refractivity contribution in [2.75, 3.05) is 32.0 Å². The van der Waals surface area contributed by atoms with E-state index in [0.29, 0.717) is 22.3 Å². The number of thiocarbonyl (C=S) groups is 1. The summed E-state index contributed by atoms with van der Waals surface area (Å²) >= 11 is 5.29. The number of carbonyl (C=O) groups excluding carboxylic acids is 1. The fourth-order valence-corrected chi connectivity index (χ4v) is 2.30. The molecule has 2 N–H and O–H groups in total. The van der Waals surface area contributed by atoms with Gasteiger partial charge in [-0.05, 0) is 24.4 Å². The van der Waals surface area contributed by atoms with Crippen LogP contribution in [0.3, 0.4) is 0 Å². The van der Waals surface area contributed by atoms with Crippen LogP contribution in [0.5, 0.6) is 11.5 Å². The lowest BCUT2D eigenvalue weighted by atomic mass is 10.1. The molecule has 0 heterocycles. The van der Waals surface area contributed by atoms with Crippen molar-refractivity contribution in [3.05, 3.63) is 48.0 Å². The second kappa shape index (κ2) is 8.16. The van der Waals surface area contributed by atoms with E-state index >= 15 is 0 Å². The highest BCUT2D eigenvalue weighted by Crippen LogP contribution is 2.33. The monoisotopic (exact) mass is 346 g/mol. The Morgan fingerprint density at radius 1 is 0.958 bits per heavy atom. The Labute approximate surface area is 145 Å². The maximum Gasteiger partial charge on any atom is 0.340 e. The molecule has 0 aliphatic heterocycles. The maximum atomic E-state index is 12.0. The second-order valence-electron chi connectivity index (χ2n) is 4.69. The number of benzene rings is 2. The molecular weight excluding hydrogens is 328 g/mol. The van der Waals surface area contributed by atoms with E-state index in [0.717, 1.165) is 5.69 Å². The van der Waals surface area contributed by atoms with Gasteiger partial charge in [-0.25, -0.2) is 4.79 Å². The molecule has 0 unspecified atom stereocenters. The van der Waals surface area contributed by atoms with Gasteiger partial charge in [-0.15, -0.1) is 0 Å². The SMILES string of the molecule is COC(=O)c1cc(OC)c(OC)cc1NC(=S)Nc1ccccc1. The summed E-state index contributed by atoms with van der Waals surface area (Å²) < 4.78 is 15.3. The molecule has 2 rings (SSSR count). The summed E-state index contributed by atoms with van der Waals surface area (Å²) in [6.07, 6.45) is 0. The van der Waals surface area contributed by atoms with Crippen molar-refractivity contribution in [1.29, 1.82) is 0 Å². The molecule has 0 fully saturated rings. The Hall–Kier alpha value is -2.80. The van der Waals surface area contributed by atoms with Gasteiger partial charge in [0.2, 0.25) is 0 Å². The molecule has 0 spiro atoms. The van der Waals surface area contributed by atoms with Crippen LogP contribution >= 0.6 is 12.2 Å². The van der Waals surface area contributed by atoms with Crippen LogP contribution in [0.15, 0.2) is 42.5 Å². The first kappa shape index (κ1) is 17.6. The van der Waals surface area contributed by atoms with E-state index in [-0.39, 0.29) is 5.56 Å². The summed E-state index contributed by atoms with van der Waals surface area (Å²) in [6, 6.07) is 12.6. The van der Waals surface area contributed by atoms with Gasteiger partial charge in [0, 0.05) is 17.8 Å². The first-order chi connectivity index (χ1) is 11.6. The van der Waals surface area contributed by atoms with Gasteiger partial charge in [-0.3, -0.25) is 0 Å². The van der Waals surface area contributed by atoms with Gasteiger partial charge in [-0.1, -0.05) is 18.2 Å². The average Bonchev–Trinajstić information content (AvgIpc) is 2.61. The van der Waals surface area contributed by atoms with Crippen molar-refractivity contribution in [2.45, 2.75) is 0 Å². The zero-order valence-electron chi connectivity index (χ0n) is 13.6. The zero-order chi connectivity index (χ0) is 17.5. The van der Waals surface area contributed by atoms with Gasteiger partial charge in [0.05, 0.1) is 32.6 Å². The average molecular weight is 346 g/mol. The van der Waals surface area contributed by atoms with Gasteiger partial charge in [0.25, 0.3) is 0 Å². The van der Waals surface area contributed by atoms with Crippen LogP contribution in [-0.4, -0.2) is 32.4 Å². The van der Waals surface area contributed by atoms with Crippen molar-refractivity contribution in [3.8, 4) is 11.5 Å². The lowest BCUT2D eigenvalue weighted by Crippen LogP contribution is -2.21. The number of nitrogens with one attached hydrogen (secondary N) is 2. The Morgan fingerprint density at radius 3 is 2.17 bits per heavy atom. The Bertz CT molecular complexity index is 735. The molecule has 0 bridgehead atoms. The first-order valence-corrected chi connectivity index (χ1v) is 7.47. The molecule has 0 aliphatic carbocycles. The molecule has 0 saturated carbocycles. The van der Waals surface area contributed by atoms with Crippen LogP contribution in [0, 0.1) is 0 Å². The quantitative estimate of drug-likeness (QED) is 0.636. The van der Waals surface area contributed by atoms with Gasteiger partial charge in [0.15, 0.2) is 16.6 Å². The molecule has 0 amide bonds. The predicted molar refractivity (Wildman–Crippen MR) is 97.2 cm³/mol. The molecule has 0 atom stereocenters. The van der Waals surface area contributed by atoms with E-state index in [1.165, 1.54) is 27.4 Å².